The molecule has 0 radical (unpaired) electrons. The maximum absolute atomic E-state index is 12.2. The predicted octanol–water partition coefficient (Wildman–Crippen LogP) is 1.15. The minimum absolute atomic E-state index is 0.0728. The molecule has 0 atom stereocenters. The van der Waals surface area contributed by atoms with Crippen LogP contribution in [-0.4, -0.2) is 45.6 Å². The quantitative estimate of drug-likeness (QED) is 0.812. The summed E-state index contributed by atoms with van der Waals surface area (Å²) in [5.41, 5.74) is 8.11. The number of carbonyl (C=O) groups is 1. The predicted molar refractivity (Wildman–Crippen MR) is 86.3 cm³/mol. The van der Waals surface area contributed by atoms with Gasteiger partial charge in [0.05, 0.1) is 17.8 Å². The molecule has 1 aliphatic heterocycles. The van der Waals surface area contributed by atoms with Gasteiger partial charge in [-0.05, 0) is 38.7 Å². The summed E-state index contributed by atoms with van der Waals surface area (Å²) >= 11 is 5.08. The molecule has 21 heavy (non-hydrogen) atoms. The van der Waals surface area contributed by atoms with Crippen LogP contribution in [0.15, 0.2) is 0 Å². The summed E-state index contributed by atoms with van der Waals surface area (Å²) in [5.74, 6) is 0.555. The second-order valence-corrected chi connectivity index (χ2v) is 5.73. The molecule has 1 saturated heterocycles. The van der Waals surface area contributed by atoms with E-state index in [1.54, 1.807) is 0 Å². The van der Waals surface area contributed by atoms with E-state index in [0.717, 1.165) is 37.2 Å². The number of thiocarbonyl (C=S) groups is 1. The zero-order chi connectivity index (χ0) is 15.4. The Morgan fingerprint density at radius 1 is 1.29 bits per heavy atom. The third-order valence-corrected chi connectivity index (χ3v) is 4.02. The number of rotatable bonds is 4. The molecule has 0 unspecified atom stereocenters. The summed E-state index contributed by atoms with van der Waals surface area (Å²) in [4.78, 5) is 14.3. The minimum atomic E-state index is 0.0728. The summed E-state index contributed by atoms with van der Waals surface area (Å²) in [5, 5.41) is 11.2. The van der Waals surface area contributed by atoms with Crippen LogP contribution in [0.1, 0.15) is 36.1 Å². The number of likely N-dealkylation sites (tertiary alicyclic amines) is 1. The van der Waals surface area contributed by atoms with Gasteiger partial charge in [0.1, 0.15) is 4.99 Å². The van der Waals surface area contributed by atoms with E-state index >= 15 is 0 Å². The summed E-state index contributed by atoms with van der Waals surface area (Å²) in [7, 11) is 0. The first kappa shape index (κ1) is 15.6. The number of amides is 1. The molecule has 1 aliphatic rings. The smallest absolute Gasteiger partial charge is 0.241 e. The maximum Gasteiger partial charge on any atom is 0.241 e. The number of nitrogens with zero attached hydrogens (tertiary/aromatic N) is 3. The van der Waals surface area contributed by atoms with Crippen molar-refractivity contribution in [3.8, 4) is 0 Å². The van der Waals surface area contributed by atoms with Crippen LogP contribution in [0.2, 0.25) is 0 Å². The van der Waals surface area contributed by atoms with E-state index in [-0.39, 0.29) is 17.4 Å². The molecule has 7 heteroatoms. The van der Waals surface area contributed by atoms with Crippen LogP contribution in [0.3, 0.4) is 0 Å². The highest BCUT2D eigenvalue weighted by molar-refractivity contribution is 7.80. The second-order valence-electron chi connectivity index (χ2n) is 5.29. The highest BCUT2D eigenvalue weighted by Gasteiger charge is 2.18. The molecule has 1 fully saturated rings. The number of nitrogens with one attached hydrogen (secondary N) is 1. The molecule has 0 aromatic carbocycles. The summed E-state index contributed by atoms with van der Waals surface area (Å²) in [6.07, 6.45) is 3.35. The lowest BCUT2D eigenvalue weighted by Gasteiger charge is -2.27. The number of piperidine rings is 1. The molecule has 114 valence electrons. The van der Waals surface area contributed by atoms with Gasteiger partial charge in [-0.15, -0.1) is 5.10 Å². The molecule has 0 bridgehead atoms. The monoisotopic (exact) mass is 307 g/mol. The Kier molecular flexibility index (Phi) is 5.06. The third kappa shape index (κ3) is 3.66. The molecule has 0 saturated carbocycles. The van der Waals surface area contributed by atoms with Gasteiger partial charge in [-0.25, -0.2) is 0 Å². The van der Waals surface area contributed by atoms with Gasteiger partial charge in [0.15, 0.2) is 5.82 Å². The maximum atomic E-state index is 12.2. The van der Waals surface area contributed by atoms with Crippen molar-refractivity contribution >= 4 is 28.9 Å². The Morgan fingerprint density at radius 2 is 1.95 bits per heavy atom. The molecule has 0 spiro atoms. The van der Waals surface area contributed by atoms with Crippen molar-refractivity contribution in [2.75, 3.05) is 25.0 Å². The zero-order valence-corrected chi connectivity index (χ0v) is 13.3. The van der Waals surface area contributed by atoms with Crippen molar-refractivity contribution in [3.63, 3.8) is 0 Å². The summed E-state index contributed by atoms with van der Waals surface area (Å²) in [6.45, 7) is 5.61. The molecule has 1 aromatic rings. The average Bonchev–Trinajstić information content (AvgIpc) is 2.48. The van der Waals surface area contributed by atoms with E-state index in [2.05, 4.69) is 15.5 Å². The lowest BCUT2D eigenvalue weighted by Crippen LogP contribution is -2.39. The van der Waals surface area contributed by atoms with E-state index in [0.29, 0.717) is 11.4 Å². The number of carbonyl (C=O) groups excluding carboxylic acids is 1. The normalized spacial score (nSPS) is 14.9. The highest BCUT2D eigenvalue weighted by Crippen LogP contribution is 2.18. The Balaban J connectivity index is 2.07. The van der Waals surface area contributed by atoms with Crippen LogP contribution < -0.4 is 11.1 Å². The Bertz CT molecular complexity index is 555. The fourth-order valence-electron chi connectivity index (χ4n) is 2.45. The Morgan fingerprint density at radius 3 is 2.57 bits per heavy atom. The molecule has 6 nitrogen and oxygen atoms in total. The van der Waals surface area contributed by atoms with Crippen molar-refractivity contribution in [2.45, 2.75) is 33.1 Å². The third-order valence-electron chi connectivity index (χ3n) is 3.82. The number of hydrogen-bond donors (Lipinski definition) is 2. The first-order valence-corrected chi connectivity index (χ1v) is 7.57. The van der Waals surface area contributed by atoms with Crippen molar-refractivity contribution in [2.24, 2.45) is 5.73 Å². The van der Waals surface area contributed by atoms with Crippen LogP contribution in [-0.2, 0) is 4.79 Å². The molecule has 3 N–H and O–H groups in total. The Hall–Kier alpha value is -1.76. The van der Waals surface area contributed by atoms with Crippen LogP contribution in [0.4, 0.5) is 5.82 Å². The van der Waals surface area contributed by atoms with Gasteiger partial charge < -0.3 is 16.0 Å². The highest BCUT2D eigenvalue weighted by atomic mass is 32.1. The molecule has 2 rings (SSSR count). The number of hydrogen-bond acceptors (Lipinski definition) is 5. The van der Waals surface area contributed by atoms with Gasteiger partial charge in [-0.3, -0.25) is 4.79 Å². The van der Waals surface area contributed by atoms with Gasteiger partial charge in [-0.2, -0.15) is 5.10 Å². The number of aryl methyl sites for hydroxylation is 1. The Labute approximate surface area is 130 Å². The van der Waals surface area contributed by atoms with Crippen molar-refractivity contribution in [3.05, 3.63) is 16.8 Å². The topological polar surface area (TPSA) is 84.1 Å². The second kappa shape index (κ2) is 6.80. The first-order valence-electron chi connectivity index (χ1n) is 7.16. The zero-order valence-electron chi connectivity index (χ0n) is 12.5. The largest absolute Gasteiger partial charge is 0.389 e. The van der Waals surface area contributed by atoms with Crippen molar-refractivity contribution in [1.82, 2.24) is 15.1 Å². The lowest BCUT2D eigenvalue weighted by molar-refractivity contribution is -0.130. The van der Waals surface area contributed by atoms with E-state index in [4.69, 9.17) is 18.0 Å². The van der Waals surface area contributed by atoms with Crippen LogP contribution >= 0.6 is 12.2 Å². The SMILES string of the molecule is Cc1nnc(NCC(=O)N2CCCCC2)c(C(N)=S)c1C. The molecular weight excluding hydrogens is 286 g/mol. The fraction of sp³-hybridized carbons (Fsp3) is 0.571. The molecule has 1 amide bonds. The first-order chi connectivity index (χ1) is 10.0. The van der Waals surface area contributed by atoms with Gasteiger partial charge in [0.2, 0.25) is 5.91 Å². The lowest BCUT2D eigenvalue weighted by atomic mass is 10.1. The summed E-state index contributed by atoms with van der Waals surface area (Å²) < 4.78 is 0. The van der Waals surface area contributed by atoms with E-state index in [1.807, 2.05) is 18.7 Å². The molecule has 1 aromatic heterocycles. The van der Waals surface area contributed by atoms with Crippen LogP contribution in [0.25, 0.3) is 0 Å². The van der Waals surface area contributed by atoms with Gasteiger partial charge in [0.25, 0.3) is 0 Å². The number of nitrogens with two attached hydrogens (primary N) is 1. The molecule has 0 aliphatic carbocycles. The van der Waals surface area contributed by atoms with Gasteiger partial charge in [-0.1, -0.05) is 12.2 Å². The van der Waals surface area contributed by atoms with E-state index in [9.17, 15) is 4.79 Å². The van der Waals surface area contributed by atoms with E-state index < -0.39 is 0 Å². The standard InChI is InChI=1S/C14H21N5OS/c1-9-10(2)17-18-14(12(9)13(15)21)16-8-11(20)19-6-4-3-5-7-19/h3-8H2,1-2H3,(H2,15,21)(H,16,18). The average molecular weight is 307 g/mol. The number of anilines is 1. The summed E-state index contributed by atoms with van der Waals surface area (Å²) in [6, 6.07) is 0. The molecular formula is C14H21N5OS. The fourth-order valence-corrected chi connectivity index (χ4v) is 2.70. The minimum Gasteiger partial charge on any atom is -0.389 e. The van der Waals surface area contributed by atoms with Gasteiger partial charge in [0, 0.05) is 13.1 Å². The van der Waals surface area contributed by atoms with Gasteiger partial charge >= 0.3 is 0 Å². The van der Waals surface area contributed by atoms with Crippen LogP contribution in [0.5, 0.6) is 0 Å². The molecule has 2 heterocycles. The van der Waals surface area contributed by atoms with Crippen LogP contribution in [0, 0.1) is 13.8 Å². The van der Waals surface area contributed by atoms with Crippen molar-refractivity contribution in [1.29, 1.82) is 0 Å². The van der Waals surface area contributed by atoms with Crippen molar-refractivity contribution < 1.29 is 4.79 Å². The van der Waals surface area contributed by atoms with E-state index in [1.165, 1.54) is 6.42 Å². The number of aromatic nitrogens is 2.